The summed E-state index contributed by atoms with van der Waals surface area (Å²) in [7, 11) is 0. The maximum absolute atomic E-state index is 12.1. The number of benzene rings is 1. The number of carbonyl (C=O) groups is 1. The van der Waals surface area contributed by atoms with Crippen molar-refractivity contribution in [2.24, 2.45) is 0 Å². The number of hydrogen-bond acceptors (Lipinski definition) is 7. The van der Waals surface area contributed by atoms with Crippen molar-refractivity contribution in [2.75, 3.05) is 6.73 Å². The molecular formula is C24H26N2O5. The first-order chi connectivity index (χ1) is 14.9. The van der Waals surface area contributed by atoms with Gasteiger partial charge in [-0.15, -0.1) is 0 Å². The number of ether oxygens (including phenoxy) is 2. The predicted molar refractivity (Wildman–Crippen MR) is 116 cm³/mol. The lowest BCUT2D eigenvalue weighted by Crippen LogP contribution is -2.32. The van der Waals surface area contributed by atoms with Crippen LogP contribution >= 0.6 is 0 Å². The quantitative estimate of drug-likeness (QED) is 0.442. The van der Waals surface area contributed by atoms with E-state index in [1.54, 1.807) is 12.4 Å². The molecule has 0 atom stereocenters. The highest BCUT2D eigenvalue weighted by Crippen LogP contribution is 2.37. The lowest BCUT2D eigenvalue weighted by Gasteiger charge is -2.31. The maximum atomic E-state index is 12.1. The lowest BCUT2D eigenvalue weighted by molar-refractivity contribution is -0.147. The highest BCUT2D eigenvalue weighted by atomic mass is 16.5. The van der Waals surface area contributed by atoms with Crippen molar-refractivity contribution in [1.82, 2.24) is 9.88 Å². The molecule has 0 aliphatic carbocycles. The van der Waals surface area contributed by atoms with Gasteiger partial charge in [0.15, 0.2) is 0 Å². The second-order valence-corrected chi connectivity index (χ2v) is 8.12. The SMILES string of the molecule is Cc1cc(=O)oc2c3c(c(CCC(=O)OC(C)C)cc12)OCN(Cc1ccncc1)C3. The van der Waals surface area contributed by atoms with Crippen LogP contribution in [-0.2, 0) is 29.0 Å². The van der Waals surface area contributed by atoms with Crippen LogP contribution in [0.4, 0.5) is 0 Å². The number of esters is 1. The number of hydrogen-bond donors (Lipinski definition) is 0. The molecule has 7 heteroatoms. The molecule has 1 aliphatic rings. The van der Waals surface area contributed by atoms with Crippen molar-refractivity contribution in [3.8, 4) is 5.75 Å². The molecule has 0 N–H and O–H groups in total. The summed E-state index contributed by atoms with van der Waals surface area (Å²) in [6.45, 7) is 7.22. The average Bonchev–Trinajstić information content (AvgIpc) is 2.72. The van der Waals surface area contributed by atoms with Crippen LogP contribution in [0.2, 0.25) is 0 Å². The Kier molecular flexibility index (Phi) is 6.04. The van der Waals surface area contributed by atoms with Crippen LogP contribution in [-0.4, -0.2) is 28.7 Å². The van der Waals surface area contributed by atoms with Crippen LogP contribution in [0, 0.1) is 6.92 Å². The van der Waals surface area contributed by atoms with E-state index in [1.807, 2.05) is 39.0 Å². The third-order valence-corrected chi connectivity index (χ3v) is 5.26. The van der Waals surface area contributed by atoms with Gasteiger partial charge in [0.1, 0.15) is 18.1 Å². The van der Waals surface area contributed by atoms with Crippen LogP contribution in [0.3, 0.4) is 0 Å². The van der Waals surface area contributed by atoms with Gasteiger partial charge in [-0.1, -0.05) is 0 Å². The zero-order valence-electron chi connectivity index (χ0n) is 18.0. The number of pyridine rings is 1. The highest BCUT2D eigenvalue weighted by molar-refractivity contribution is 5.86. The normalized spacial score (nSPS) is 13.8. The van der Waals surface area contributed by atoms with E-state index in [-0.39, 0.29) is 24.1 Å². The van der Waals surface area contributed by atoms with E-state index < -0.39 is 0 Å². The largest absolute Gasteiger partial charge is 0.477 e. The Hall–Kier alpha value is -3.19. The molecule has 7 nitrogen and oxygen atoms in total. The standard InChI is InChI=1S/C24H26N2O5/c1-15(2)30-21(27)5-4-18-11-19-16(3)10-22(28)31-24(19)20-13-26(14-29-23(18)20)12-17-6-8-25-9-7-17/h6-11,15H,4-5,12-14H2,1-3H3. The molecule has 0 amide bonds. The first kappa shape index (κ1) is 21.1. The van der Waals surface area contributed by atoms with Crippen molar-refractivity contribution in [2.45, 2.75) is 52.8 Å². The van der Waals surface area contributed by atoms with Crippen molar-refractivity contribution < 1.29 is 18.7 Å². The third kappa shape index (κ3) is 4.77. The smallest absolute Gasteiger partial charge is 0.336 e. The second-order valence-electron chi connectivity index (χ2n) is 8.12. The second kappa shape index (κ2) is 8.89. The van der Waals surface area contributed by atoms with E-state index in [0.29, 0.717) is 37.6 Å². The maximum Gasteiger partial charge on any atom is 0.336 e. The number of aryl methyl sites for hydroxylation is 2. The molecule has 0 saturated carbocycles. The van der Waals surface area contributed by atoms with Crippen LogP contribution in [0.5, 0.6) is 5.75 Å². The van der Waals surface area contributed by atoms with Crippen LogP contribution in [0.15, 0.2) is 45.9 Å². The molecule has 3 heterocycles. The summed E-state index contributed by atoms with van der Waals surface area (Å²) in [5, 5.41) is 0.861. The minimum atomic E-state index is -0.383. The fourth-order valence-corrected chi connectivity index (χ4v) is 3.90. The topological polar surface area (TPSA) is 81.9 Å². The number of aromatic nitrogens is 1. The van der Waals surface area contributed by atoms with Crippen molar-refractivity contribution >= 4 is 16.9 Å². The molecule has 1 aromatic carbocycles. The predicted octanol–water partition coefficient (Wildman–Crippen LogP) is 3.73. The molecule has 2 aromatic heterocycles. The Bertz CT molecular complexity index is 1150. The fourth-order valence-electron chi connectivity index (χ4n) is 3.90. The summed E-state index contributed by atoms with van der Waals surface area (Å²) in [5.74, 6) is 0.458. The number of fused-ring (bicyclic) bond motifs is 3. The molecular weight excluding hydrogens is 396 g/mol. The molecule has 0 saturated heterocycles. The molecule has 3 aromatic rings. The molecule has 1 aliphatic heterocycles. The van der Waals surface area contributed by atoms with E-state index in [1.165, 1.54) is 6.07 Å². The number of rotatable bonds is 6. The van der Waals surface area contributed by atoms with Gasteiger partial charge in [-0.25, -0.2) is 4.79 Å². The Morgan fingerprint density at radius 3 is 2.77 bits per heavy atom. The van der Waals surface area contributed by atoms with Gasteiger partial charge in [0.2, 0.25) is 0 Å². The Balaban J connectivity index is 1.69. The fraction of sp³-hybridized carbons (Fsp3) is 0.375. The first-order valence-electron chi connectivity index (χ1n) is 10.4. The van der Waals surface area contributed by atoms with Gasteiger partial charge < -0.3 is 13.9 Å². The van der Waals surface area contributed by atoms with Crippen molar-refractivity contribution in [3.05, 3.63) is 69.3 Å². The molecule has 0 fully saturated rings. The van der Waals surface area contributed by atoms with Gasteiger partial charge in [-0.3, -0.25) is 14.7 Å². The lowest BCUT2D eigenvalue weighted by atomic mass is 9.97. The Morgan fingerprint density at radius 2 is 2.03 bits per heavy atom. The molecule has 0 bridgehead atoms. The Morgan fingerprint density at radius 1 is 1.26 bits per heavy atom. The zero-order chi connectivity index (χ0) is 22.0. The summed E-state index contributed by atoms with van der Waals surface area (Å²) in [5.41, 5.74) is 3.89. The van der Waals surface area contributed by atoms with E-state index in [9.17, 15) is 9.59 Å². The summed E-state index contributed by atoms with van der Waals surface area (Å²) in [6, 6.07) is 7.39. The summed E-state index contributed by atoms with van der Waals surface area (Å²) < 4.78 is 17.0. The van der Waals surface area contributed by atoms with Gasteiger partial charge in [0.25, 0.3) is 0 Å². The number of carbonyl (C=O) groups excluding carboxylic acids is 1. The van der Waals surface area contributed by atoms with E-state index in [0.717, 1.165) is 27.6 Å². The molecule has 4 rings (SSSR count). The average molecular weight is 422 g/mol. The molecule has 162 valence electrons. The molecule has 0 unspecified atom stereocenters. The Labute approximate surface area is 180 Å². The monoisotopic (exact) mass is 422 g/mol. The minimum absolute atomic E-state index is 0.146. The van der Waals surface area contributed by atoms with Crippen molar-refractivity contribution in [3.63, 3.8) is 0 Å². The summed E-state index contributed by atoms with van der Waals surface area (Å²) in [6.07, 6.45) is 4.14. The zero-order valence-corrected chi connectivity index (χ0v) is 18.0. The van der Waals surface area contributed by atoms with Crippen LogP contribution in [0.25, 0.3) is 11.0 Å². The molecule has 0 radical (unpaired) electrons. The van der Waals surface area contributed by atoms with Gasteiger partial charge in [0, 0.05) is 43.4 Å². The van der Waals surface area contributed by atoms with Gasteiger partial charge >= 0.3 is 11.6 Å². The summed E-state index contributed by atoms with van der Waals surface area (Å²) >= 11 is 0. The van der Waals surface area contributed by atoms with Gasteiger partial charge in [-0.2, -0.15) is 0 Å². The molecule has 0 spiro atoms. The van der Waals surface area contributed by atoms with E-state index in [4.69, 9.17) is 13.9 Å². The molecule has 31 heavy (non-hydrogen) atoms. The highest BCUT2D eigenvalue weighted by Gasteiger charge is 2.26. The number of nitrogens with zero attached hydrogens (tertiary/aromatic N) is 2. The first-order valence-corrected chi connectivity index (χ1v) is 10.4. The van der Waals surface area contributed by atoms with E-state index in [2.05, 4.69) is 9.88 Å². The van der Waals surface area contributed by atoms with Gasteiger partial charge in [0.05, 0.1) is 11.7 Å². The van der Waals surface area contributed by atoms with Gasteiger partial charge in [-0.05, 0) is 62.1 Å². The summed E-state index contributed by atoms with van der Waals surface area (Å²) in [4.78, 5) is 30.4. The van der Waals surface area contributed by atoms with Crippen molar-refractivity contribution in [1.29, 1.82) is 0 Å². The van der Waals surface area contributed by atoms with Crippen LogP contribution in [0.1, 0.15) is 42.5 Å². The third-order valence-electron chi connectivity index (χ3n) is 5.26. The van der Waals surface area contributed by atoms with Crippen LogP contribution < -0.4 is 10.4 Å². The minimum Gasteiger partial charge on any atom is -0.477 e. The van der Waals surface area contributed by atoms with E-state index >= 15 is 0 Å².